The summed E-state index contributed by atoms with van der Waals surface area (Å²) in [6, 6.07) is 11.1. The largest absolute Gasteiger partial charge is 0.494 e. The molecule has 2 rings (SSSR count). The van der Waals surface area contributed by atoms with Crippen molar-refractivity contribution in [3.05, 3.63) is 52.4 Å². The van der Waals surface area contributed by atoms with Crippen LogP contribution in [0, 0.1) is 11.3 Å². The van der Waals surface area contributed by atoms with Crippen LogP contribution in [0.1, 0.15) is 12.5 Å². The molecule has 0 radical (unpaired) electrons. The van der Waals surface area contributed by atoms with Crippen molar-refractivity contribution in [3.8, 4) is 22.9 Å². The molecule has 96 valence electrons. The molecule has 0 aliphatic heterocycles. The monoisotopic (exact) mass is 254 g/mol. The number of ether oxygens (including phenoxy) is 1. The molecule has 0 fully saturated rings. The highest BCUT2D eigenvalue weighted by molar-refractivity contribution is 5.70. The first-order valence-corrected chi connectivity index (χ1v) is 6.00. The molecule has 0 saturated heterocycles. The molecule has 0 amide bonds. The molecule has 1 aromatic heterocycles. The van der Waals surface area contributed by atoms with E-state index in [1.807, 2.05) is 37.3 Å². The van der Waals surface area contributed by atoms with Crippen LogP contribution in [-0.2, 0) is 7.05 Å². The number of nitrogens with zero attached hydrogens (tertiary/aromatic N) is 2. The highest BCUT2D eigenvalue weighted by Crippen LogP contribution is 2.23. The lowest BCUT2D eigenvalue weighted by Crippen LogP contribution is -2.19. The maximum atomic E-state index is 11.9. The average molecular weight is 254 g/mol. The van der Waals surface area contributed by atoms with Crippen LogP contribution in [0.5, 0.6) is 5.75 Å². The summed E-state index contributed by atoms with van der Waals surface area (Å²) in [4.78, 5) is 11.9. The average Bonchev–Trinajstić information content (AvgIpc) is 2.43. The summed E-state index contributed by atoms with van der Waals surface area (Å²) in [6.45, 7) is 2.53. The summed E-state index contributed by atoms with van der Waals surface area (Å²) in [6.07, 6.45) is 1.66. The molecule has 0 saturated carbocycles. The number of aromatic nitrogens is 1. The predicted octanol–water partition coefficient (Wildman–Crippen LogP) is 2.32. The van der Waals surface area contributed by atoms with Crippen LogP contribution in [0.2, 0.25) is 0 Å². The second-order valence-corrected chi connectivity index (χ2v) is 4.09. The fourth-order valence-corrected chi connectivity index (χ4v) is 1.87. The zero-order valence-corrected chi connectivity index (χ0v) is 10.9. The maximum Gasteiger partial charge on any atom is 0.268 e. The van der Waals surface area contributed by atoms with Crippen LogP contribution >= 0.6 is 0 Å². The lowest BCUT2D eigenvalue weighted by Gasteiger charge is -2.07. The first kappa shape index (κ1) is 12.9. The fraction of sp³-hybridized carbons (Fsp3) is 0.200. The number of rotatable bonds is 3. The van der Waals surface area contributed by atoms with Crippen LogP contribution < -0.4 is 10.3 Å². The number of benzene rings is 1. The number of nitriles is 1. The molecule has 4 nitrogen and oxygen atoms in total. The van der Waals surface area contributed by atoms with E-state index in [1.165, 1.54) is 4.57 Å². The van der Waals surface area contributed by atoms with Crippen molar-refractivity contribution in [2.45, 2.75) is 6.92 Å². The van der Waals surface area contributed by atoms with Gasteiger partial charge in [0.25, 0.3) is 5.56 Å². The second kappa shape index (κ2) is 5.40. The van der Waals surface area contributed by atoms with Gasteiger partial charge in [-0.05, 0) is 30.7 Å². The SMILES string of the molecule is CCOc1ccc(-c2ccn(C)c(=O)c2C#N)cc1. The minimum absolute atomic E-state index is 0.161. The van der Waals surface area contributed by atoms with E-state index >= 15 is 0 Å². The molecule has 0 N–H and O–H groups in total. The summed E-state index contributed by atoms with van der Waals surface area (Å²) >= 11 is 0. The highest BCUT2D eigenvalue weighted by atomic mass is 16.5. The van der Waals surface area contributed by atoms with Gasteiger partial charge >= 0.3 is 0 Å². The van der Waals surface area contributed by atoms with E-state index in [9.17, 15) is 4.79 Å². The van der Waals surface area contributed by atoms with Crippen molar-refractivity contribution >= 4 is 0 Å². The van der Waals surface area contributed by atoms with Crippen molar-refractivity contribution in [1.82, 2.24) is 4.57 Å². The van der Waals surface area contributed by atoms with Crippen molar-refractivity contribution in [1.29, 1.82) is 5.26 Å². The number of hydrogen-bond donors (Lipinski definition) is 0. The fourth-order valence-electron chi connectivity index (χ4n) is 1.87. The number of aryl methyl sites for hydroxylation is 1. The predicted molar refractivity (Wildman–Crippen MR) is 73.0 cm³/mol. The first-order chi connectivity index (χ1) is 9.17. The Morgan fingerprint density at radius 2 is 1.95 bits per heavy atom. The van der Waals surface area contributed by atoms with Crippen LogP contribution in [0.3, 0.4) is 0 Å². The van der Waals surface area contributed by atoms with E-state index < -0.39 is 0 Å². The Hall–Kier alpha value is -2.54. The van der Waals surface area contributed by atoms with Gasteiger partial charge in [-0.2, -0.15) is 5.26 Å². The Kier molecular flexibility index (Phi) is 3.67. The second-order valence-electron chi connectivity index (χ2n) is 4.09. The lowest BCUT2D eigenvalue weighted by atomic mass is 10.0. The summed E-state index contributed by atoms with van der Waals surface area (Å²) in [5.41, 5.74) is 1.36. The standard InChI is InChI=1S/C15H14N2O2/c1-3-19-12-6-4-11(5-7-12)13-8-9-17(2)15(18)14(13)10-16/h4-9H,3H2,1-2H3. The van der Waals surface area contributed by atoms with Crippen molar-refractivity contribution in [3.63, 3.8) is 0 Å². The number of pyridine rings is 1. The Labute approximate surface area is 111 Å². The molecule has 0 atom stereocenters. The molecule has 0 aliphatic rings. The normalized spacial score (nSPS) is 9.95. The molecule has 1 heterocycles. The minimum Gasteiger partial charge on any atom is -0.494 e. The van der Waals surface area contributed by atoms with Gasteiger partial charge in [-0.15, -0.1) is 0 Å². The minimum atomic E-state index is -0.283. The molecule has 0 bridgehead atoms. The van der Waals surface area contributed by atoms with Gasteiger partial charge in [0.05, 0.1) is 6.61 Å². The van der Waals surface area contributed by atoms with Crippen molar-refractivity contribution < 1.29 is 4.74 Å². The van der Waals surface area contributed by atoms with Crippen LogP contribution in [0.25, 0.3) is 11.1 Å². The van der Waals surface area contributed by atoms with E-state index in [-0.39, 0.29) is 11.1 Å². The Balaban J connectivity index is 2.51. The Morgan fingerprint density at radius 3 is 2.53 bits per heavy atom. The number of hydrogen-bond acceptors (Lipinski definition) is 3. The summed E-state index contributed by atoms with van der Waals surface area (Å²) < 4.78 is 6.76. The third-order valence-corrected chi connectivity index (χ3v) is 2.86. The van der Waals surface area contributed by atoms with E-state index in [0.29, 0.717) is 12.2 Å². The lowest BCUT2D eigenvalue weighted by molar-refractivity contribution is 0.340. The molecule has 19 heavy (non-hydrogen) atoms. The third-order valence-electron chi connectivity index (χ3n) is 2.86. The molecular weight excluding hydrogens is 240 g/mol. The highest BCUT2D eigenvalue weighted by Gasteiger charge is 2.10. The van der Waals surface area contributed by atoms with Gasteiger partial charge in [0.1, 0.15) is 17.4 Å². The van der Waals surface area contributed by atoms with E-state index in [4.69, 9.17) is 10.00 Å². The first-order valence-electron chi connectivity index (χ1n) is 6.00. The zero-order chi connectivity index (χ0) is 13.8. The Bertz CT molecular complexity index is 679. The van der Waals surface area contributed by atoms with Gasteiger partial charge in [0.15, 0.2) is 0 Å². The summed E-state index contributed by atoms with van der Waals surface area (Å²) in [5.74, 6) is 0.772. The zero-order valence-electron chi connectivity index (χ0n) is 10.9. The molecule has 0 spiro atoms. The molecule has 0 unspecified atom stereocenters. The van der Waals surface area contributed by atoms with Gasteiger partial charge < -0.3 is 9.30 Å². The van der Waals surface area contributed by atoms with Gasteiger partial charge in [0, 0.05) is 18.8 Å². The molecular formula is C15H14N2O2. The molecule has 0 aliphatic carbocycles. The third kappa shape index (κ3) is 2.50. The molecule has 4 heteroatoms. The smallest absolute Gasteiger partial charge is 0.268 e. The quantitative estimate of drug-likeness (QED) is 0.844. The van der Waals surface area contributed by atoms with Crippen molar-refractivity contribution in [2.75, 3.05) is 6.61 Å². The van der Waals surface area contributed by atoms with Gasteiger partial charge in [0.2, 0.25) is 0 Å². The van der Waals surface area contributed by atoms with Gasteiger partial charge in [-0.25, -0.2) is 0 Å². The maximum absolute atomic E-state index is 11.9. The van der Waals surface area contributed by atoms with E-state index in [2.05, 4.69) is 0 Å². The van der Waals surface area contributed by atoms with E-state index in [1.54, 1.807) is 19.3 Å². The van der Waals surface area contributed by atoms with Gasteiger partial charge in [-0.1, -0.05) is 12.1 Å². The Morgan fingerprint density at radius 1 is 1.26 bits per heavy atom. The van der Waals surface area contributed by atoms with Crippen LogP contribution in [0.15, 0.2) is 41.3 Å². The summed E-state index contributed by atoms with van der Waals surface area (Å²) in [5, 5.41) is 9.14. The topological polar surface area (TPSA) is 55.0 Å². The van der Waals surface area contributed by atoms with Crippen molar-refractivity contribution in [2.24, 2.45) is 7.05 Å². The van der Waals surface area contributed by atoms with Crippen LogP contribution in [-0.4, -0.2) is 11.2 Å². The van der Waals surface area contributed by atoms with E-state index in [0.717, 1.165) is 11.3 Å². The molecule has 1 aromatic carbocycles. The molecule has 2 aromatic rings. The summed E-state index contributed by atoms with van der Waals surface area (Å²) in [7, 11) is 1.63. The van der Waals surface area contributed by atoms with Gasteiger partial charge in [-0.3, -0.25) is 4.79 Å². The van der Waals surface area contributed by atoms with Crippen LogP contribution in [0.4, 0.5) is 0 Å².